The van der Waals surface area contributed by atoms with E-state index >= 15 is 0 Å². The number of likely N-dealkylation sites (tertiary alicyclic amines) is 1. The Morgan fingerprint density at radius 1 is 1.06 bits per heavy atom. The molecule has 0 saturated carbocycles. The minimum Gasteiger partial charge on any atom is -0.346 e. The zero-order chi connectivity index (χ0) is 22.9. The van der Waals surface area contributed by atoms with Gasteiger partial charge in [0.05, 0.1) is 13.1 Å². The molecule has 6 heteroatoms. The first kappa shape index (κ1) is 24.0. The van der Waals surface area contributed by atoms with Crippen molar-refractivity contribution in [3.63, 3.8) is 0 Å². The molecule has 0 radical (unpaired) electrons. The molecule has 2 unspecified atom stereocenters. The molecule has 1 saturated heterocycles. The van der Waals surface area contributed by atoms with Gasteiger partial charge in [-0.15, -0.1) is 0 Å². The molecule has 32 heavy (non-hydrogen) atoms. The van der Waals surface area contributed by atoms with Gasteiger partial charge < -0.3 is 10.6 Å². The molecule has 1 fully saturated rings. The van der Waals surface area contributed by atoms with Crippen molar-refractivity contribution in [1.82, 2.24) is 15.1 Å². The van der Waals surface area contributed by atoms with Crippen LogP contribution in [0.4, 0.5) is 5.69 Å². The van der Waals surface area contributed by atoms with Crippen molar-refractivity contribution in [1.29, 1.82) is 0 Å². The largest absolute Gasteiger partial charge is 0.346 e. The van der Waals surface area contributed by atoms with Crippen molar-refractivity contribution in [2.45, 2.75) is 45.7 Å². The molecule has 0 bridgehead atoms. The predicted molar refractivity (Wildman–Crippen MR) is 130 cm³/mol. The summed E-state index contributed by atoms with van der Waals surface area (Å²) in [7, 11) is 0. The molecule has 2 amide bonds. The highest BCUT2D eigenvalue weighted by Gasteiger charge is 2.30. The van der Waals surface area contributed by atoms with E-state index in [1.165, 1.54) is 5.56 Å². The minimum atomic E-state index is -0.203. The Labute approximate surface area is 192 Å². The van der Waals surface area contributed by atoms with E-state index in [2.05, 4.69) is 65.5 Å². The van der Waals surface area contributed by atoms with E-state index in [1.807, 2.05) is 30.3 Å². The molecule has 2 aromatic carbocycles. The van der Waals surface area contributed by atoms with Gasteiger partial charge in [0.15, 0.2) is 0 Å². The van der Waals surface area contributed by atoms with Crippen molar-refractivity contribution in [2.24, 2.45) is 0 Å². The molecule has 2 N–H and O–H groups in total. The maximum Gasteiger partial charge on any atom is 0.243 e. The SMILES string of the molecule is CCc1ccccc1NC(=O)CNC(=O)CN(CC)C1CCN(C(C)c2ccccc2)C1. The topological polar surface area (TPSA) is 64.7 Å². The highest BCUT2D eigenvalue weighted by atomic mass is 16.2. The number of carbonyl (C=O) groups excluding carboxylic acids is 2. The van der Waals surface area contributed by atoms with E-state index in [9.17, 15) is 9.59 Å². The van der Waals surface area contributed by atoms with Gasteiger partial charge in [-0.1, -0.05) is 62.4 Å². The van der Waals surface area contributed by atoms with Crippen LogP contribution in [0.2, 0.25) is 0 Å². The summed E-state index contributed by atoms with van der Waals surface area (Å²) in [5.74, 6) is -0.314. The molecule has 1 aliphatic rings. The molecule has 1 aliphatic heterocycles. The normalized spacial score (nSPS) is 17.3. The number of hydrogen-bond donors (Lipinski definition) is 2. The summed E-state index contributed by atoms with van der Waals surface area (Å²) in [6.45, 7) is 9.47. The van der Waals surface area contributed by atoms with Crippen LogP contribution in [-0.4, -0.2) is 60.4 Å². The van der Waals surface area contributed by atoms with Gasteiger partial charge in [0, 0.05) is 30.9 Å². The van der Waals surface area contributed by atoms with Gasteiger partial charge in [-0.3, -0.25) is 19.4 Å². The van der Waals surface area contributed by atoms with Gasteiger partial charge >= 0.3 is 0 Å². The predicted octanol–water partition coefficient (Wildman–Crippen LogP) is 3.46. The second-order valence-electron chi connectivity index (χ2n) is 8.42. The molecule has 172 valence electrons. The maximum atomic E-state index is 12.5. The van der Waals surface area contributed by atoms with Crippen molar-refractivity contribution < 1.29 is 9.59 Å². The van der Waals surface area contributed by atoms with Crippen molar-refractivity contribution >= 4 is 17.5 Å². The number of likely N-dealkylation sites (N-methyl/N-ethyl adjacent to an activating group) is 1. The van der Waals surface area contributed by atoms with Crippen LogP contribution in [0.3, 0.4) is 0 Å². The number of aryl methyl sites for hydroxylation is 1. The minimum absolute atomic E-state index is 0.0176. The van der Waals surface area contributed by atoms with Crippen LogP contribution in [0.15, 0.2) is 54.6 Å². The van der Waals surface area contributed by atoms with E-state index in [1.54, 1.807) is 0 Å². The van der Waals surface area contributed by atoms with Crippen LogP contribution in [0.1, 0.15) is 44.4 Å². The third kappa shape index (κ3) is 6.40. The van der Waals surface area contributed by atoms with Gasteiger partial charge in [0.25, 0.3) is 0 Å². The zero-order valence-electron chi connectivity index (χ0n) is 19.5. The van der Waals surface area contributed by atoms with Gasteiger partial charge in [-0.25, -0.2) is 0 Å². The number of nitrogens with one attached hydrogen (secondary N) is 2. The molecule has 2 atom stereocenters. The number of anilines is 1. The summed E-state index contributed by atoms with van der Waals surface area (Å²) >= 11 is 0. The molecule has 6 nitrogen and oxygen atoms in total. The molecular formula is C26H36N4O2. The Morgan fingerprint density at radius 2 is 1.78 bits per heavy atom. The van der Waals surface area contributed by atoms with E-state index in [0.717, 1.165) is 43.7 Å². The summed E-state index contributed by atoms with van der Waals surface area (Å²) in [6, 6.07) is 19.0. The Morgan fingerprint density at radius 3 is 2.50 bits per heavy atom. The number of benzene rings is 2. The van der Waals surface area contributed by atoms with Crippen LogP contribution in [-0.2, 0) is 16.0 Å². The average Bonchev–Trinajstić information content (AvgIpc) is 3.31. The standard InChI is InChI=1S/C26H36N4O2/c1-4-21-11-9-10-14-24(21)28-25(31)17-27-26(32)19-29(5-2)23-15-16-30(18-23)20(3)22-12-7-6-8-13-22/h6-14,20,23H,4-5,15-19H2,1-3H3,(H,27,32)(H,28,31). The van der Waals surface area contributed by atoms with Crippen molar-refractivity contribution in [3.05, 3.63) is 65.7 Å². The number of nitrogens with zero attached hydrogens (tertiary/aromatic N) is 2. The first-order valence-corrected chi connectivity index (χ1v) is 11.7. The Kier molecular flexibility index (Phi) is 8.82. The molecule has 0 aliphatic carbocycles. The summed E-state index contributed by atoms with van der Waals surface area (Å²) in [5, 5.41) is 5.68. The van der Waals surface area contributed by atoms with Gasteiger partial charge in [0.2, 0.25) is 11.8 Å². The quantitative estimate of drug-likeness (QED) is 0.599. The van der Waals surface area contributed by atoms with Gasteiger partial charge in [0.1, 0.15) is 0 Å². The summed E-state index contributed by atoms with van der Waals surface area (Å²) in [6.07, 6.45) is 1.89. The first-order chi connectivity index (χ1) is 15.5. The monoisotopic (exact) mass is 436 g/mol. The van der Waals surface area contributed by atoms with Crippen molar-refractivity contribution in [3.8, 4) is 0 Å². The number of amides is 2. The highest BCUT2D eigenvalue weighted by Crippen LogP contribution is 2.26. The van der Waals surface area contributed by atoms with Gasteiger partial charge in [-0.2, -0.15) is 0 Å². The van der Waals surface area contributed by atoms with Crippen molar-refractivity contribution in [2.75, 3.05) is 38.0 Å². The van der Waals surface area contributed by atoms with E-state index < -0.39 is 0 Å². The zero-order valence-corrected chi connectivity index (χ0v) is 19.5. The molecule has 1 heterocycles. The summed E-state index contributed by atoms with van der Waals surface area (Å²) in [4.78, 5) is 29.5. The molecule has 0 aromatic heterocycles. The summed E-state index contributed by atoms with van der Waals surface area (Å²) < 4.78 is 0. The average molecular weight is 437 g/mol. The fourth-order valence-corrected chi connectivity index (χ4v) is 4.42. The maximum absolute atomic E-state index is 12.5. The van der Waals surface area contributed by atoms with Crippen LogP contribution >= 0.6 is 0 Å². The van der Waals surface area contributed by atoms with Crippen LogP contribution in [0.5, 0.6) is 0 Å². The Balaban J connectivity index is 1.46. The Hall–Kier alpha value is -2.70. The lowest BCUT2D eigenvalue weighted by Gasteiger charge is -2.29. The van der Waals surface area contributed by atoms with Crippen LogP contribution in [0.25, 0.3) is 0 Å². The first-order valence-electron chi connectivity index (χ1n) is 11.7. The smallest absolute Gasteiger partial charge is 0.243 e. The van der Waals surface area contributed by atoms with Crippen LogP contribution in [0, 0.1) is 0 Å². The van der Waals surface area contributed by atoms with Crippen LogP contribution < -0.4 is 10.6 Å². The third-order valence-electron chi connectivity index (χ3n) is 6.41. The molecular weight excluding hydrogens is 400 g/mol. The second-order valence-corrected chi connectivity index (χ2v) is 8.42. The van der Waals surface area contributed by atoms with E-state index in [4.69, 9.17) is 0 Å². The lowest BCUT2D eigenvalue weighted by molar-refractivity contribution is -0.125. The fraction of sp³-hybridized carbons (Fsp3) is 0.462. The lowest BCUT2D eigenvalue weighted by atomic mass is 10.1. The molecule has 3 rings (SSSR count). The summed E-state index contributed by atoms with van der Waals surface area (Å²) in [5.41, 5.74) is 3.22. The van der Waals surface area contributed by atoms with E-state index in [-0.39, 0.29) is 18.4 Å². The van der Waals surface area contributed by atoms with E-state index in [0.29, 0.717) is 18.6 Å². The highest BCUT2D eigenvalue weighted by molar-refractivity contribution is 5.95. The fourth-order valence-electron chi connectivity index (χ4n) is 4.42. The molecule has 0 spiro atoms. The van der Waals surface area contributed by atoms with Gasteiger partial charge in [-0.05, 0) is 43.5 Å². The third-order valence-corrected chi connectivity index (χ3v) is 6.41. The number of hydrogen-bond acceptors (Lipinski definition) is 4. The number of rotatable bonds is 10. The number of para-hydroxylation sites is 1. The molecule has 2 aromatic rings. The second kappa shape index (κ2) is 11.8. The Bertz CT molecular complexity index is 886. The lowest BCUT2D eigenvalue weighted by Crippen LogP contribution is -2.45. The number of carbonyl (C=O) groups is 2.